The number of hydrogen-bond donors (Lipinski definition) is 1. The summed E-state index contributed by atoms with van der Waals surface area (Å²) in [6.45, 7) is -0.269. The van der Waals surface area contributed by atoms with Gasteiger partial charge in [-0.2, -0.15) is 0 Å². The standard InChI is InChI=1S/C13H9ClF3NO2/c14-12-10(7-19)5-9(6-18-12)8-1-3-11(4-2-8)20-13(15,16)17/h1-6,19H,7H2. The summed E-state index contributed by atoms with van der Waals surface area (Å²) >= 11 is 5.77. The Labute approximate surface area is 117 Å². The lowest BCUT2D eigenvalue weighted by molar-refractivity contribution is -0.274. The highest BCUT2D eigenvalue weighted by molar-refractivity contribution is 6.30. The topological polar surface area (TPSA) is 42.4 Å². The van der Waals surface area contributed by atoms with Crippen LogP contribution >= 0.6 is 11.6 Å². The second-order valence-corrected chi connectivity index (χ2v) is 4.26. The third kappa shape index (κ3) is 3.61. The Hall–Kier alpha value is -1.79. The van der Waals surface area contributed by atoms with Crippen LogP contribution in [-0.2, 0) is 6.61 Å². The average Bonchev–Trinajstić information content (AvgIpc) is 2.38. The first-order chi connectivity index (χ1) is 9.39. The second kappa shape index (κ2) is 5.68. The van der Waals surface area contributed by atoms with Gasteiger partial charge in [-0.15, -0.1) is 13.2 Å². The number of alkyl halides is 3. The minimum Gasteiger partial charge on any atom is -0.406 e. The Morgan fingerprint density at radius 1 is 1.15 bits per heavy atom. The monoisotopic (exact) mass is 303 g/mol. The molecule has 1 aromatic heterocycles. The van der Waals surface area contributed by atoms with Crippen molar-refractivity contribution < 1.29 is 23.0 Å². The second-order valence-electron chi connectivity index (χ2n) is 3.90. The highest BCUT2D eigenvalue weighted by Gasteiger charge is 2.30. The van der Waals surface area contributed by atoms with Crippen LogP contribution < -0.4 is 4.74 Å². The van der Waals surface area contributed by atoms with Gasteiger partial charge in [0.1, 0.15) is 10.9 Å². The lowest BCUT2D eigenvalue weighted by atomic mass is 10.1. The first-order valence-corrected chi connectivity index (χ1v) is 5.88. The van der Waals surface area contributed by atoms with Gasteiger partial charge in [-0.3, -0.25) is 0 Å². The number of ether oxygens (including phenoxy) is 1. The summed E-state index contributed by atoms with van der Waals surface area (Å²) in [5.74, 6) is -0.300. The molecule has 0 saturated carbocycles. The Balaban J connectivity index is 2.26. The number of rotatable bonds is 3. The van der Waals surface area contributed by atoms with Crippen molar-refractivity contribution in [3.8, 4) is 16.9 Å². The van der Waals surface area contributed by atoms with E-state index < -0.39 is 6.36 Å². The normalized spacial score (nSPS) is 11.4. The highest BCUT2D eigenvalue weighted by atomic mass is 35.5. The van der Waals surface area contributed by atoms with Crippen LogP contribution in [0.4, 0.5) is 13.2 Å². The van der Waals surface area contributed by atoms with E-state index >= 15 is 0 Å². The summed E-state index contributed by atoms with van der Waals surface area (Å²) in [6, 6.07) is 6.96. The number of aliphatic hydroxyl groups excluding tert-OH is 1. The molecule has 20 heavy (non-hydrogen) atoms. The maximum absolute atomic E-state index is 12.0. The predicted molar refractivity (Wildman–Crippen MR) is 67.3 cm³/mol. The van der Waals surface area contributed by atoms with Crippen LogP contribution in [0.1, 0.15) is 5.56 Å². The van der Waals surface area contributed by atoms with Crippen molar-refractivity contribution in [2.45, 2.75) is 13.0 Å². The molecule has 3 nitrogen and oxygen atoms in total. The molecule has 7 heteroatoms. The fourth-order valence-corrected chi connectivity index (χ4v) is 1.77. The van der Waals surface area contributed by atoms with Gasteiger partial charge in [-0.05, 0) is 23.8 Å². The first kappa shape index (κ1) is 14.6. The molecule has 2 aromatic rings. The van der Waals surface area contributed by atoms with Gasteiger partial charge in [-0.1, -0.05) is 23.7 Å². The summed E-state index contributed by atoms with van der Waals surface area (Å²) in [6.07, 6.45) is -3.24. The lowest BCUT2D eigenvalue weighted by Gasteiger charge is -2.09. The molecule has 0 aliphatic heterocycles. The van der Waals surface area contributed by atoms with Crippen molar-refractivity contribution in [2.75, 3.05) is 0 Å². The van der Waals surface area contributed by atoms with E-state index in [9.17, 15) is 13.2 Å². The van der Waals surface area contributed by atoms with Crippen LogP contribution in [0.25, 0.3) is 11.1 Å². The molecule has 0 atom stereocenters. The van der Waals surface area contributed by atoms with Gasteiger partial charge < -0.3 is 9.84 Å². The molecule has 106 valence electrons. The SMILES string of the molecule is OCc1cc(-c2ccc(OC(F)(F)F)cc2)cnc1Cl. The molecule has 0 aliphatic rings. The molecule has 0 saturated heterocycles. The minimum atomic E-state index is -4.71. The molecule has 1 N–H and O–H groups in total. The zero-order valence-corrected chi connectivity index (χ0v) is 10.7. The molecule has 0 radical (unpaired) electrons. The van der Waals surface area contributed by atoms with Crippen molar-refractivity contribution in [1.29, 1.82) is 0 Å². The molecule has 0 bridgehead atoms. The van der Waals surface area contributed by atoms with Gasteiger partial charge in [0.25, 0.3) is 0 Å². The minimum absolute atomic E-state index is 0.188. The van der Waals surface area contributed by atoms with Crippen molar-refractivity contribution in [1.82, 2.24) is 4.98 Å². The molecular weight excluding hydrogens is 295 g/mol. The van der Waals surface area contributed by atoms with Crippen LogP contribution in [0.5, 0.6) is 5.75 Å². The third-order valence-electron chi connectivity index (χ3n) is 2.50. The van der Waals surface area contributed by atoms with E-state index in [0.717, 1.165) is 0 Å². The molecule has 0 aliphatic carbocycles. The van der Waals surface area contributed by atoms with E-state index in [1.165, 1.54) is 30.5 Å². The summed E-state index contributed by atoms with van der Waals surface area (Å²) < 4.78 is 39.9. The zero-order valence-electron chi connectivity index (χ0n) is 9.99. The number of benzene rings is 1. The summed E-state index contributed by atoms with van der Waals surface area (Å²) in [5.41, 5.74) is 1.72. The summed E-state index contributed by atoms with van der Waals surface area (Å²) in [4.78, 5) is 3.90. The predicted octanol–water partition coefficient (Wildman–Crippen LogP) is 3.79. The van der Waals surface area contributed by atoms with Crippen molar-refractivity contribution >= 4 is 11.6 Å². The maximum atomic E-state index is 12.0. The van der Waals surface area contributed by atoms with Crippen LogP contribution in [-0.4, -0.2) is 16.5 Å². The number of pyridine rings is 1. The number of hydrogen-bond acceptors (Lipinski definition) is 3. The third-order valence-corrected chi connectivity index (χ3v) is 2.84. The van der Waals surface area contributed by atoms with Gasteiger partial charge in [-0.25, -0.2) is 4.98 Å². The number of aromatic nitrogens is 1. The Morgan fingerprint density at radius 3 is 2.35 bits per heavy atom. The van der Waals surface area contributed by atoms with Gasteiger partial charge in [0, 0.05) is 17.3 Å². The van der Waals surface area contributed by atoms with Crippen LogP contribution in [0, 0.1) is 0 Å². The molecule has 1 aromatic carbocycles. The quantitative estimate of drug-likeness (QED) is 0.877. The summed E-state index contributed by atoms with van der Waals surface area (Å²) in [5, 5.41) is 9.28. The molecular formula is C13H9ClF3NO2. The molecule has 0 fully saturated rings. The average molecular weight is 304 g/mol. The Kier molecular flexibility index (Phi) is 4.15. The fraction of sp³-hybridized carbons (Fsp3) is 0.154. The van der Waals surface area contributed by atoms with E-state index in [1.54, 1.807) is 6.07 Å². The smallest absolute Gasteiger partial charge is 0.406 e. The van der Waals surface area contributed by atoms with Gasteiger partial charge in [0.05, 0.1) is 6.61 Å². The van der Waals surface area contributed by atoms with Crippen LogP contribution in [0.3, 0.4) is 0 Å². The van der Waals surface area contributed by atoms with Crippen molar-refractivity contribution in [3.05, 3.63) is 47.2 Å². The molecule has 0 unspecified atom stereocenters. The zero-order chi connectivity index (χ0) is 14.8. The van der Waals surface area contributed by atoms with Crippen molar-refractivity contribution in [3.63, 3.8) is 0 Å². The molecule has 1 heterocycles. The van der Waals surface area contributed by atoms with E-state index in [4.69, 9.17) is 16.7 Å². The molecule has 0 spiro atoms. The van der Waals surface area contributed by atoms with Gasteiger partial charge >= 0.3 is 6.36 Å². The largest absolute Gasteiger partial charge is 0.573 e. The number of aliphatic hydroxyl groups is 1. The van der Waals surface area contributed by atoms with Crippen LogP contribution in [0.15, 0.2) is 36.5 Å². The fourth-order valence-electron chi connectivity index (χ4n) is 1.61. The van der Waals surface area contributed by atoms with E-state index in [-0.39, 0.29) is 17.5 Å². The van der Waals surface area contributed by atoms with Gasteiger partial charge in [0.2, 0.25) is 0 Å². The van der Waals surface area contributed by atoms with Crippen LogP contribution in [0.2, 0.25) is 5.15 Å². The van der Waals surface area contributed by atoms with E-state index in [2.05, 4.69) is 9.72 Å². The number of nitrogens with zero attached hydrogens (tertiary/aromatic N) is 1. The molecule has 0 amide bonds. The highest BCUT2D eigenvalue weighted by Crippen LogP contribution is 2.27. The number of halogens is 4. The van der Waals surface area contributed by atoms with E-state index in [1.807, 2.05) is 0 Å². The maximum Gasteiger partial charge on any atom is 0.573 e. The Bertz CT molecular complexity index is 600. The molecule has 2 rings (SSSR count). The first-order valence-electron chi connectivity index (χ1n) is 5.50. The Morgan fingerprint density at radius 2 is 1.80 bits per heavy atom. The van der Waals surface area contributed by atoms with Gasteiger partial charge in [0.15, 0.2) is 0 Å². The van der Waals surface area contributed by atoms with Crippen molar-refractivity contribution in [2.24, 2.45) is 0 Å². The lowest BCUT2D eigenvalue weighted by Crippen LogP contribution is -2.16. The summed E-state index contributed by atoms with van der Waals surface area (Å²) in [7, 11) is 0. The van der Waals surface area contributed by atoms with E-state index in [0.29, 0.717) is 16.7 Å².